The van der Waals surface area contributed by atoms with Gasteiger partial charge in [0, 0.05) is 31.8 Å². The summed E-state index contributed by atoms with van der Waals surface area (Å²) >= 11 is 0. The minimum atomic E-state index is -0.268. The molecule has 3 aromatic rings. The van der Waals surface area contributed by atoms with Crippen LogP contribution in [0.1, 0.15) is 44.9 Å². The molecule has 4 rings (SSSR count). The lowest BCUT2D eigenvalue weighted by Crippen LogP contribution is -2.34. The minimum Gasteiger partial charge on any atom is -0.368 e. The number of aryl methyl sites for hydroxylation is 1. The lowest BCUT2D eigenvalue weighted by atomic mass is 10.1. The summed E-state index contributed by atoms with van der Waals surface area (Å²) in [6.45, 7) is 4.22. The fourth-order valence-corrected chi connectivity index (χ4v) is 4.52. The van der Waals surface area contributed by atoms with Gasteiger partial charge in [0.25, 0.3) is 0 Å². The van der Waals surface area contributed by atoms with E-state index < -0.39 is 0 Å². The molecular formula is C27H34N4O3. The van der Waals surface area contributed by atoms with Gasteiger partial charge in [-0.25, -0.2) is 4.98 Å². The molecule has 1 saturated heterocycles. The lowest BCUT2D eigenvalue weighted by Gasteiger charge is -2.22. The third-order valence-corrected chi connectivity index (χ3v) is 6.31. The number of amides is 2. The molecule has 2 aromatic carbocycles. The topological polar surface area (TPSA) is 76.5 Å². The molecule has 1 fully saturated rings. The number of benzene rings is 2. The van der Waals surface area contributed by atoms with Crippen LogP contribution in [0.25, 0.3) is 11.0 Å². The van der Waals surface area contributed by atoms with Crippen LogP contribution in [-0.2, 0) is 27.3 Å². The second-order valence-corrected chi connectivity index (χ2v) is 8.68. The number of unbranched alkanes of at least 4 members (excludes halogenated alkanes) is 2. The smallest absolute Gasteiger partial charge is 0.249 e. The molecule has 34 heavy (non-hydrogen) atoms. The Morgan fingerprint density at radius 1 is 1.09 bits per heavy atom. The van der Waals surface area contributed by atoms with Gasteiger partial charge in [-0.15, -0.1) is 0 Å². The van der Waals surface area contributed by atoms with E-state index in [1.807, 2.05) is 66.4 Å². The fraction of sp³-hybridized carbons (Fsp3) is 0.444. The number of rotatable bonds is 11. The van der Waals surface area contributed by atoms with Crippen molar-refractivity contribution in [2.45, 2.75) is 58.1 Å². The van der Waals surface area contributed by atoms with Gasteiger partial charge in [-0.1, -0.05) is 36.8 Å². The Kier molecular flexibility index (Phi) is 8.31. The quantitative estimate of drug-likeness (QED) is 0.436. The van der Waals surface area contributed by atoms with Crippen LogP contribution in [0.15, 0.2) is 54.6 Å². The summed E-state index contributed by atoms with van der Waals surface area (Å²) in [5.74, 6) is 0.994. The van der Waals surface area contributed by atoms with E-state index in [9.17, 15) is 9.59 Å². The maximum Gasteiger partial charge on any atom is 0.249 e. The van der Waals surface area contributed by atoms with Crippen LogP contribution in [0.3, 0.4) is 0 Å². The van der Waals surface area contributed by atoms with E-state index in [1.54, 1.807) is 0 Å². The molecule has 2 heterocycles. The zero-order valence-corrected chi connectivity index (χ0v) is 19.9. The van der Waals surface area contributed by atoms with E-state index in [-0.39, 0.29) is 24.5 Å². The predicted octanol–water partition coefficient (Wildman–Crippen LogP) is 4.10. The molecule has 0 spiro atoms. The number of carbonyl (C=O) groups excluding carboxylic acids is 2. The summed E-state index contributed by atoms with van der Waals surface area (Å²) < 4.78 is 7.48. The van der Waals surface area contributed by atoms with Gasteiger partial charge in [0.15, 0.2) is 0 Å². The number of nitrogens with zero attached hydrogens (tertiary/aromatic N) is 3. The van der Waals surface area contributed by atoms with Crippen LogP contribution < -0.4 is 10.2 Å². The first-order valence-electron chi connectivity index (χ1n) is 12.4. The van der Waals surface area contributed by atoms with Gasteiger partial charge in [-0.05, 0) is 56.9 Å². The zero-order valence-electron chi connectivity index (χ0n) is 19.9. The molecule has 1 aromatic heterocycles. The van der Waals surface area contributed by atoms with Gasteiger partial charge in [-0.2, -0.15) is 0 Å². The van der Waals surface area contributed by atoms with Crippen molar-refractivity contribution in [3.05, 3.63) is 60.4 Å². The molecule has 1 atom stereocenters. The summed E-state index contributed by atoms with van der Waals surface area (Å²) in [5.41, 5.74) is 2.81. The Bertz CT molecular complexity index is 1090. The standard InChI is InChI=1S/C27H34N4O3/c1-2-30(21-12-5-3-6-13-21)26(32)20-31-23-15-9-8-14-22(23)29-25(31)17-7-4-10-18-28-27(33)24-16-11-19-34-24/h3,5-6,8-9,12-15,24H,2,4,7,10-11,16-20H2,1H3,(H,28,33). The van der Waals surface area contributed by atoms with E-state index in [0.717, 1.165) is 61.1 Å². The SMILES string of the molecule is CCN(C(=O)Cn1c(CCCCCNC(=O)C2CCCO2)nc2ccccc21)c1ccccc1. The predicted molar refractivity (Wildman–Crippen MR) is 134 cm³/mol. The van der Waals surface area contributed by atoms with Gasteiger partial charge in [0.2, 0.25) is 11.8 Å². The van der Waals surface area contributed by atoms with E-state index in [0.29, 0.717) is 19.7 Å². The number of anilines is 1. The fourth-order valence-electron chi connectivity index (χ4n) is 4.52. The number of ether oxygens (including phenoxy) is 1. The number of likely N-dealkylation sites (N-methyl/N-ethyl adjacent to an activating group) is 1. The summed E-state index contributed by atoms with van der Waals surface area (Å²) in [5, 5.41) is 2.98. The van der Waals surface area contributed by atoms with Crippen LogP contribution in [-0.4, -0.2) is 47.2 Å². The molecule has 1 aliphatic heterocycles. The van der Waals surface area contributed by atoms with Gasteiger partial charge >= 0.3 is 0 Å². The Labute approximate surface area is 201 Å². The summed E-state index contributed by atoms with van der Waals surface area (Å²) in [6, 6.07) is 17.8. The summed E-state index contributed by atoms with van der Waals surface area (Å²) in [6.07, 6.45) is 5.14. The maximum atomic E-state index is 13.3. The number of nitrogens with one attached hydrogen (secondary N) is 1. The average Bonchev–Trinajstić information content (AvgIpc) is 3.51. The number of para-hydroxylation sites is 3. The van der Waals surface area contributed by atoms with Crippen LogP contribution in [0, 0.1) is 0 Å². The van der Waals surface area contributed by atoms with Gasteiger partial charge in [-0.3, -0.25) is 9.59 Å². The number of aromatic nitrogens is 2. The van der Waals surface area contributed by atoms with Crippen LogP contribution in [0.2, 0.25) is 0 Å². The zero-order chi connectivity index (χ0) is 23.8. The molecular weight excluding hydrogens is 428 g/mol. The molecule has 0 saturated carbocycles. The van der Waals surface area contributed by atoms with E-state index >= 15 is 0 Å². The molecule has 0 bridgehead atoms. The van der Waals surface area contributed by atoms with E-state index in [2.05, 4.69) is 9.88 Å². The molecule has 0 aliphatic carbocycles. The average molecular weight is 463 g/mol. The first kappa shape index (κ1) is 24.0. The second kappa shape index (κ2) is 11.8. The largest absolute Gasteiger partial charge is 0.368 e. The van der Waals surface area contributed by atoms with Gasteiger partial charge in [0.05, 0.1) is 11.0 Å². The third-order valence-electron chi connectivity index (χ3n) is 6.31. The normalized spacial score (nSPS) is 15.5. The number of imidazole rings is 1. The van der Waals surface area contributed by atoms with Crippen molar-refractivity contribution in [1.29, 1.82) is 0 Å². The first-order chi connectivity index (χ1) is 16.7. The maximum absolute atomic E-state index is 13.3. The first-order valence-corrected chi connectivity index (χ1v) is 12.4. The number of hydrogen-bond donors (Lipinski definition) is 1. The summed E-state index contributed by atoms with van der Waals surface area (Å²) in [4.78, 5) is 31.9. The number of hydrogen-bond acceptors (Lipinski definition) is 4. The van der Waals surface area contributed by atoms with Crippen molar-refractivity contribution in [3.63, 3.8) is 0 Å². The van der Waals surface area contributed by atoms with Crippen molar-refractivity contribution in [2.75, 3.05) is 24.6 Å². The van der Waals surface area contributed by atoms with Gasteiger partial charge < -0.3 is 19.5 Å². The monoisotopic (exact) mass is 462 g/mol. The molecule has 1 unspecified atom stereocenters. The molecule has 2 amide bonds. The molecule has 7 heteroatoms. The molecule has 0 radical (unpaired) electrons. The van der Waals surface area contributed by atoms with Crippen LogP contribution in [0.4, 0.5) is 5.69 Å². The Hall–Kier alpha value is -3.19. The van der Waals surface area contributed by atoms with Crippen molar-refractivity contribution < 1.29 is 14.3 Å². The van der Waals surface area contributed by atoms with E-state index in [4.69, 9.17) is 9.72 Å². The Balaban J connectivity index is 1.35. The molecule has 1 aliphatic rings. The van der Waals surface area contributed by atoms with Crippen molar-refractivity contribution in [3.8, 4) is 0 Å². The van der Waals surface area contributed by atoms with Gasteiger partial charge in [0.1, 0.15) is 18.5 Å². The highest BCUT2D eigenvalue weighted by atomic mass is 16.5. The molecule has 7 nitrogen and oxygen atoms in total. The highest BCUT2D eigenvalue weighted by Crippen LogP contribution is 2.20. The van der Waals surface area contributed by atoms with Crippen LogP contribution in [0.5, 0.6) is 0 Å². The second-order valence-electron chi connectivity index (χ2n) is 8.68. The highest BCUT2D eigenvalue weighted by Gasteiger charge is 2.23. The van der Waals surface area contributed by atoms with E-state index in [1.165, 1.54) is 0 Å². The van der Waals surface area contributed by atoms with Crippen molar-refractivity contribution >= 4 is 28.5 Å². The minimum absolute atomic E-state index is 0.0108. The number of fused-ring (bicyclic) bond motifs is 1. The Morgan fingerprint density at radius 3 is 2.65 bits per heavy atom. The van der Waals surface area contributed by atoms with Crippen LogP contribution >= 0.6 is 0 Å². The van der Waals surface area contributed by atoms with Crippen molar-refractivity contribution in [2.24, 2.45) is 0 Å². The molecule has 1 N–H and O–H groups in total. The lowest BCUT2D eigenvalue weighted by molar-refractivity contribution is -0.130. The third kappa shape index (κ3) is 5.83. The van der Waals surface area contributed by atoms with Crippen molar-refractivity contribution in [1.82, 2.24) is 14.9 Å². The number of carbonyl (C=O) groups is 2. The molecule has 180 valence electrons. The summed E-state index contributed by atoms with van der Waals surface area (Å²) in [7, 11) is 0. The Morgan fingerprint density at radius 2 is 1.88 bits per heavy atom. The highest BCUT2D eigenvalue weighted by molar-refractivity contribution is 5.94.